The fraction of sp³-hybridized carbons (Fsp3) is 0.192. The number of alkyl halides is 3. The van der Waals surface area contributed by atoms with Gasteiger partial charge in [0.1, 0.15) is 11.6 Å². The van der Waals surface area contributed by atoms with Gasteiger partial charge < -0.3 is 16.0 Å². The number of rotatable bonds is 3. The third-order valence-electron chi connectivity index (χ3n) is 6.40. The van der Waals surface area contributed by atoms with Crippen molar-refractivity contribution in [3.63, 3.8) is 0 Å². The summed E-state index contributed by atoms with van der Waals surface area (Å²) in [5.74, 6) is -4.16. The van der Waals surface area contributed by atoms with E-state index >= 15 is 0 Å². The van der Waals surface area contributed by atoms with Crippen molar-refractivity contribution in [2.75, 3.05) is 11.9 Å². The highest BCUT2D eigenvalue weighted by atomic mass is 35.5. The molecule has 12 heteroatoms. The van der Waals surface area contributed by atoms with Crippen molar-refractivity contribution >= 4 is 35.0 Å². The van der Waals surface area contributed by atoms with Crippen LogP contribution in [0, 0.1) is 11.6 Å². The number of carbonyl (C=O) groups excluding carboxylic acids is 3. The number of carbonyl (C=O) groups is 3. The zero-order valence-electron chi connectivity index (χ0n) is 19.2. The maximum Gasteiger partial charge on any atom is 0.416 e. The van der Waals surface area contributed by atoms with Gasteiger partial charge >= 0.3 is 6.18 Å². The van der Waals surface area contributed by atoms with Gasteiger partial charge in [0, 0.05) is 39.5 Å². The molecule has 2 aliphatic heterocycles. The Kier molecular flexibility index (Phi) is 6.34. The van der Waals surface area contributed by atoms with E-state index in [0.717, 1.165) is 12.1 Å². The maximum absolute atomic E-state index is 14.1. The van der Waals surface area contributed by atoms with E-state index in [9.17, 15) is 36.3 Å². The minimum absolute atomic E-state index is 0.0791. The summed E-state index contributed by atoms with van der Waals surface area (Å²) in [6.07, 6.45) is -4.06. The molecule has 1 unspecified atom stereocenters. The van der Waals surface area contributed by atoms with Crippen LogP contribution in [0.25, 0.3) is 0 Å². The Morgan fingerprint density at radius 1 is 1.00 bits per heavy atom. The molecule has 0 aromatic heterocycles. The highest BCUT2D eigenvalue weighted by Crippen LogP contribution is 2.43. The number of hydrogen-bond donors (Lipinski definition) is 3. The van der Waals surface area contributed by atoms with Gasteiger partial charge in [-0.15, -0.1) is 0 Å². The molecule has 1 atom stereocenters. The summed E-state index contributed by atoms with van der Waals surface area (Å²) in [5.41, 5.74) is -1.19. The molecule has 3 aromatic rings. The van der Waals surface area contributed by atoms with Crippen LogP contribution in [0.15, 0.2) is 42.5 Å². The normalized spacial score (nSPS) is 16.7. The Morgan fingerprint density at radius 3 is 2.50 bits per heavy atom. The molecule has 38 heavy (non-hydrogen) atoms. The quantitative estimate of drug-likeness (QED) is 0.383. The first-order valence-electron chi connectivity index (χ1n) is 11.4. The van der Waals surface area contributed by atoms with Gasteiger partial charge in [-0.2, -0.15) is 13.2 Å². The van der Waals surface area contributed by atoms with Gasteiger partial charge in [-0.25, -0.2) is 8.78 Å². The molecule has 3 amide bonds. The number of benzene rings is 3. The van der Waals surface area contributed by atoms with Gasteiger partial charge in [0.15, 0.2) is 0 Å². The van der Waals surface area contributed by atoms with Gasteiger partial charge in [0.2, 0.25) is 0 Å². The second-order valence-corrected chi connectivity index (χ2v) is 9.26. The van der Waals surface area contributed by atoms with E-state index in [1.807, 2.05) is 0 Å². The molecule has 2 heterocycles. The van der Waals surface area contributed by atoms with Crippen LogP contribution in [0.5, 0.6) is 0 Å². The van der Waals surface area contributed by atoms with Crippen LogP contribution in [-0.2, 0) is 12.6 Å². The predicted octanol–water partition coefficient (Wildman–Crippen LogP) is 5.40. The number of hydrogen-bond acceptors (Lipinski definition) is 3. The molecular formula is C26H17ClF5N3O3. The Balaban J connectivity index is 1.68. The van der Waals surface area contributed by atoms with Gasteiger partial charge in [0.05, 0.1) is 17.2 Å². The fourth-order valence-electron chi connectivity index (χ4n) is 4.75. The zero-order chi connectivity index (χ0) is 27.4. The smallest absolute Gasteiger partial charge is 0.352 e. The molecule has 3 aromatic carbocycles. The van der Waals surface area contributed by atoms with Crippen molar-refractivity contribution in [3.05, 3.63) is 98.1 Å². The molecule has 0 bridgehead atoms. The molecular weight excluding hydrogens is 533 g/mol. The highest BCUT2D eigenvalue weighted by Gasteiger charge is 2.39. The Hall–Kier alpha value is -3.99. The average Bonchev–Trinajstić information content (AvgIpc) is 3.09. The zero-order valence-corrected chi connectivity index (χ0v) is 20.0. The predicted molar refractivity (Wildman–Crippen MR) is 127 cm³/mol. The summed E-state index contributed by atoms with van der Waals surface area (Å²) in [5, 5.41) is 7.91. The minimum atomic E-state index is -4.91. The third-order valence-corrected chi connectivity index (χ3v) is 6.75. The molecule has 0 spiro atoms. The number of amides is 3. The van der Waals surface area contributed by atoms with Crippen LogP contribution in [-0.4, -0.2) is 24.3 Å². The Bertz CT molecular complexity index is 1520. The van der Waals surface area contributed by atoms with Gasteiger partial charge in [-0.1, -0.05) is 11.6 Å². The first-order valence-corrected chi connectivity index (χ1v) is 11.7. The summed E-state index contributed by atoms with van der Waals surface area (Å²) in [6.45, 7) is 0.328. The molecule has 0 saturated heterocycles. The monoisotopic (exact) mass is 549 g/mol. The summed E-state index contributed by atoms with van der Waals surface area (Å²) >= 11 is 6.30. The van der Waals surface area contributed by atoms with E-state index in [1.54, 1.807) is 0 Å². The Morgan fingerprint density at radius 2 is 1.76 bits per heavy atom. The molecule has 196 valence electrons. The van der Waals surface area contributed by atoms with Crippen molar-refractivity contribution in [2.45, 2.75) is 25.1 Å². The first kappa shape index (κ1) is 25.7. The van der Waals surface area contributed by atoms with Crippen LogP contribution in [0.2, 0.25) is 5.02 Å². The van der Waals surface area contributed by atoms with Crippen molar-refractivity contribution < 1.29 is 36.3 Å². The molecule has 0 aliphatic carbocycles. The lowest BCUT2D eigenvalue weighted by Crippen LogP contribution is -2.24. The van der Waals surface area contributed by atoms with E-state index in [0.29, 0.717) is 37.1 Å². The fourth-order valence-corrected chi connectivity index (χ4v) is 4.98. The number of halogens is 6. The van der Waals surface area contributed by atoms with E-state index in [-0.39, 0.29) is 39.0 Å². The molecule has 3 N–H and O–H groups in total. The molecule has 0 saturated carbocycles. The SMILES string of the molecule is O=C(Nc1cc2c(c3c1C(c1cc(F)ccc1Cl)NC3=O)CCCNC2=O)c1cc(F)cc(C(F)(F)F)c1. The van der Waals surface area contributed by atoms with E-state index < -0.39 is 52.7 Å². The summed E-state index contributed by atoms with van der Waals surface area (Å²) in [7, 11) is 0. The maximum atomic E-state index is 14.1. The lowest BCUT2D eigenvalue weighted by Gasteiger charge is -2.20. The van der Waals surface area contributed by atoms with Gasteiger partial charge in [-0.05, 0) is 60.9 Å². The lowest BCUT2D eigenvalue weighted by atomic mass is 9.88. The van der Waals surface area contributed by atoms with Crippen molar-refractivity contribution in [3.8, 4) is 0 Å². The third kappa shape index (κ3) is 4.58. The molecule has 0 radical (unpaired) electrons. The van der Waals surface area contributed by atoms with Gasteiger partial charge in [-0.3, -0.25) is 14.4 Å². The van der Waals surface area contributed by atoms with E-state index in [1.165, 1.54) is 12.1 Å². The molecule has 2 aliphatic rings. The standard InChI is InChI=1S/C26H17ClF5N3O3/c27-18-4-3-13(28)9-17(18)22-21-19(34-23(36)11-6-12(26(30,31)32)8-14(29)7-11)10-16-15(20(21)25(38)35-22)2-1-5-33-24(16)37/h3-4,6-10,22H,1-2,5H2,(H,33,37)(H,34,36)(H,35,38). The topological polar surface area (TPSA) is 87.3 Å². The van der Waals surface area contributed by atoms with Crippen molar-refractivity contribution in [1.29, 1.82) is 0 Å². The number of nitrogens with one attached hydrogen (secondary N) is 3. The van der Waals surface area contributed by atoms with E-state index in [2.05, 4.69) is 16.0 Å². The Labute approximate surface area is 217 Å². The lowest BCUT2D eigenvalue weighted by molar-refractivity contribution is -0.137. The summed E-state index contributed by atoms with van der Waals surface area (Å²) in [6, 6.07) is 5.14. The minimum Gasteiger partial charge on any atom is -0.352 e. The molecule has 5 rings (SSSR count). The number of anilines is 1. The van der Waals surface area contributed by atoms with Crippen LogP contribution < -0.4 is 16.0 Å². The van der Waals surface area contributed by atoms with Crippen molar-refractivity contribution in [1.82, 2.24) is 10.6 Å². The van der Waals surface area contributed by atoms with Crippen LogP contribution >= 0.6 is 11.6 Å². The van der Waals surface area contributed by atoms with Crippen LogP contribution in [0.1, 0.15) is 65.8 Å². The number of fused-ring (bicyclic) bond motifs is 3. The van der Waals surface area contributed by atoms with Crippen LogP contribution in [0.3, 0.4) is 0 Å². The molecule has 6 nitrogen and oxygen atoms in total. The first-order chi connectivity index (χ1) is 17.9. The molecule has 0 fully saturated rings. The average molecular weight is 550 g/mol. The summed E-state index contributed by atoms with van der Waals surface area (Å²) < 4.78 is 67.7. The largest absolute Gasteiger partial charge is 0.416 e. The van der Waals surface area contributed by atoms with Crippen LogP contribution in [0.4, 0.5) is 27.6 Å². The second kappa shape index (κ2) is 9.39. The van der Waals surface area contributed by atoms with E-state index in [4.69, 9.17) is 11.6 Å². The second-order valence-electron chi connectivity index (χ2n) is 8.85. The highest BCUT2D eigenvalue weighted by molar-refractivity contribution is 6.31. The summed E-state index contributed by atoms with van der Waals surface area (Å²) in [4.78, 5) is 39.0. The van der Waals surface area contributed by atoms with Gasteiger partial charge in [0.25, 0.3) is 17.7 Å². The van der Waals surface area contributed by atoms with Crippen molar-refractivity contribution in [2.24, 2.45) is 0 Å².